The molecule has 232 valence electrons. The fourth-order valence-electron chi connectivity index (χ4n) is 3.08. The summed E-state index contributed by atoms with van der Waals surface area (Å²) in [5.41, 5.74) is 8.19. The molecule has 11 nitrogen and oxygen atoms in total. The average Bonchev–Trinajstić information content (AvgIpc) is 3.62. The number of pyridine rings is 2. The summed E-state index contributed by atoms with van der Waals surface area (Å²) < 4.78 is 21.5. The van der Waals surface area contributed by atoms with E-state index in [0.29, 0.717) is 13.1 Å². The Labute approximate surface area is 269 Å². The second kappa shape index (κ2) is 19.3. The number of nitrogens with one attached hydrogen (secondary N) is 2. The largest absolute Gasteiger partial charge is 0.519 e. The number of isothiocyanates is 1. The second-order valence-corrected chi connectivity index (χ2v) is 11.0. The number of nitrogens with two attached hydrogens (primary N) is 1. The summed E-state index contributed by atoms with van der Waals surface area (Å²) in [6.07, 6.45) is 5.14. The minimum atomic E-state index is -1.06. The van der Waals surface area contributed by atoms with Gasteiger partial charge >= 0.3 is 12.3 Å². The third-order valence-corrected chi connectivity index (χ3v) is 4.71. The molecular weight excluding hydrogens is 609 g/mol. The lowest BCUT2D eigenvalue weighted by Gasteiger charge is -2.20. The maximum atomic E-state index is 11.0. The second-order valence-electron chi connectivity index (χ2n) is 10.1. The summed E-state index contributed by atoms with van der Waals surface area (Å²) in [7, 11) is 1.25. The molecule has 0 spiro atoms. The molecule has 0 unspecified atom stereocenters. The molecule has 0 bridgehead atoms. The minimum absolute atomic E-state index is 0.566. The number of aromatic nitrogens is 4. The van der Waals surface area contributed by atoms with E-state index in [9.17, 15) is 9.59 Å². The van der Waals surface area contributed by atoms with Crippen LogP contribution in [0.3, 0.4) is 0 Å². The van der Waals surface area contributed by atoms with Gasteiger partial charge in [-0.15, -0.1) is 0 Å². The van der Waals surface area contributed by atoms with Crippen molar-refractivity contribution >= 4 is 80.5 Å². The average molecular weight is 648 g/mol. The van der Waals surface area contributed by atoms with Crippen LogP contribution in [0, 0.1) is 0 Å². The first-order valence-corrected chi connectivity index (χ1v) is 13.7. The van der Waals surface area contributed by atoms with Crippen molar-refractivity contribution in [2.45, 2.75) is 73.2 Å². The smallest absolute Gasteiger partial charge is 0.428 e. The Hall–Kier alpha value is -3.90. The number of hydrogen-bond donors (Lipinski definition) is 3. The predicted molar refractivity (Wildman–Crippen MR) is 179 cm³/mol. The van der Waals surface area contributed by atoms with Crippen molar-refractivity contribution in [1.29, 1.82) is 0 Å². The van der Waals surface area contributed by atoms with Crippen LogP contribution in [-0.2, 0) is 27.3 Å². The zero-order valence-electron chi connectivity index (χ0n) is 26.2. The van der Waals surface area contributed by atoms with Crippen LogP contribution in [0.2, 0.25) is 0 Å². The quantitative estimate of drug-likeness (QED) is 0.0865. The van der Waals surface area contributed by atoms with Crippen LogP contribution in [0.25, 0.3) is 22.1 Å². The number of hydrogen-bond acceptors (Lipinski definition) is 12. The number of H-pyrrole nitrogens is 2. The number of nitrogens with zero attached hydrogens (tertiary/aromatic N) is 3. The third-order valence-electron chi connectivity index (χ3n) is 4.58. The lowest BCUT2D eigenvalue weighted by Crippen LogP contribution is -2.29. The Morgan fingerprint density at radius 1 is 0.884 bits per heavy atom. The number of rotatable bonds is 3. The Morgan fingerprint density at radius 2 is 1.30 bits per heavy atom. The van der Waals surface area contributed by atoms with Crippen LogP contribution in [0.15, 0.2) is 54.0 Å². The van der Waals surface area contributed by atoms with Crippen LogP contribution < -0.4 is 5.73 Å². The lowest BCUT2D eigenvalue weighted by molar-refractivity contribution is -0.0293. The standard InChI is InChI=1S/C10H18O5.C9H7N3S.C8H9N3.CS2.CH4/c1-9(2,3)14-7(11)13-8(12)15-10(4,5)6;13-6-10-5-7-1-3-11-9-8(7)2-4-12-9;9-5-6-1-3-10-8-7(6)2-4-11-8;2-1-3;/h1-6H3;1-4H,5H2,(H,11,12);1-4H,5,9H2,(H,10,11);;1H4/i;;;;1D. The van der Waals surface area contributed by atoms with Crippen molar-refractivity contribution in [3.63, 3.8) is 0 Å². The molecule has 14 heteroatoms. The third kappa shape index (κ3) is 15.8. The molecular formula is C29H38N6O5S3. The van der Waals surface area contributed by atoms with Gasteiger partial charge in [0.05, 0.1) is 11.7 Å². The Bertz CT molecular complexity index is 1510. The van der Waals surface area contributed by atoms with Crippen LogP contribution in [-0.4, -0.2) is 52.9 Å². The summed E-state index contributed by atoms with van der Waals surface area (Å²) in [6, 6.07) is 7.85. The van der Waals surface area contributed by atoms with Gasteiger partial charge in [0.2, 0.25) is 0 Å². The zero-order chi connectivity index (χ0) is 33.8. The van der Waals surface area contributed by atoms with E-state index >= 15 is 0 Å². The fraction of sp³-hybridized carbons (Fsp3) is 0.379. The minimum Gasteiger partial charge on any atom is -0.428 e. The molecule has 4 heterocycles. The van der Waals surface area contributed by atoms with Crippen molar-refractivity contribution in [2.75, 3.05) is 0 Å². The zero-order valence-corrected chi connectivity index (χ0v) is 27.7. The number of thiocarbonyl (C=S) groups is 3. The molecule has 4 aromatic rings. The monoisotopic (exact) mass is 647 g/mol. The first kappa shape index (κ1) is 37.1. The predicted octanol–water partition coefficient (Wildman–Crippen LogP) is 7.71. The number of carbonyl (C=O) groups excluding carboxylic acids is 2. The molecule has 0 aliphatic rings. The van der Waals surface area contributed by atoms with Gasteiger partial charge in [0.15, 0.2) is 0 Å². The van der Waals surface area contributed by atoms with E-state index in [1.807, 2.05) is 41.0 Å². The van der Waals surface area contributed by atoms with Crippen molar-refractivity contribution in [1.82, 2.24) is 19.9 Å². The number of carbonyl (C=O) groups is 2. The summed E-state index contributed by atoms with van der Waals surface area (Å²) >= 11 is 12.4. The van der Waals surface area contributed by atoms with Gasteiger partial charge in [-0.25, -0.2) is 24.5 Å². The van der Waals surface area contributed by atoms with Gasteiger partial charge in [-0.1, -0.05) is 7.40 Å². The van der Waals surface area contributed by atoms with Gasteiger partial charge in [-0.05, 0) is 114 Å². The van der Waals surface area contributed by atoms with Crippen molar-refractivity contribution < 1.29 is 25.2 Å². The maximum absolute atomic E-state index is 11.0. The molecule has 4 aromatic heterocycles. The van der Waals surface area contributed by atoms with Gasteiger partial charge in [-0.3, -0.25) is 0 Å². The number of fused-ring (bicyclic) bond motifs is 2. The topological polar surface area (TPSA) is 158 Å². The van der Waals surface area contributed by atoms with E-state index in [4.69, 9.17) is 16.6 Å². The summed E-state index contributed by atoms with van der Waals surface area (Å²) in [5.74, 6) is 0. The van der Waals surface area contributed by atoms with Crippen LogP contribution >= 0.6 is 36.7 Å². The molecule has 0 amide bonds. The highest BCUT2D eigenvalue weighted by molar-refractivity contribution is 7.93. The number of aliphatic imine (C=N–C) groups is 1. The summed E-state index contributed by atoms with van der Waals surface area (Å²) in [5, 5.41) is 4.57. The van der Waals surface area contributed by atoms with Crippen LogP contribution in [0.5, 0.6) is 0 Å². The molecule has 0 fully saturated rings. The maximum Gasteiger partial charge on any atom is 0.519 e. The van der Waals surface area contributed by atoms with E-state index in [0.717, 1.165) is 33.2 Å². The lowest BCUT2D eigenvalue weighted by atomic mass is 10.2. The van der Waals surface area contributed by atoms with Crippen LogP contribution in [0.1, 0.15) is 61.4 Å². The SMILES string of the molecule is CC(C)(C)OC(=O)OC(=O)OC(C)(C)C.NCc1ccnc2[nH]ccc12.S=C=NCc1ccnc2[nH]ccc12.S=C=S.[2H]C. The van der Waals surface area contributed by atoms with Gasteiger partial charge < -0.3 is 29.9 Å². The first-order chi connectivity index (χ1) is 20.7. The van der Waals surface area contributed by atoms with Crippen molar-refractivity contribution in [3.05, 3.63) is 60.2 Å². The highest BCUT2D eigenvalue weighted by atomic mass is 32.1. The molecule has 0 saturated heterocycles. The van der Waals surface area contributed by atoms with Gasteiger partial charge in [0.1, 0.15) is 22.5 Å². The fourth-order valence-corrected chi connectivity index (χ4v) is 3.14. The number of aromatic amines is 2. The summed E-state index contributed by atoms with van der Waals surface area (Å²) in [6.45, 7) is 11.2. The Balaban J connectivity index is 0.000000589. The van der Waals surface area contributed by atoms with E-state index in [2.05, 4.69) is 71.5 Å². The van der Waals surface area contributed by atoms with E-state index in [1.165, 1.54) is 7.40 Å². The Morgan fingerprint density at radius 3 is 1.70 bits per heavy atom. The molecule has 0 atom stereocenters. The normalized spacial score (nSPS) is 10.2. The van der Waals surface area contributed by atoms with E-state index < -0.39 is 23.5 Å². The molecule has 0 aromatic carbocycles. The molecule has 43 heavy (non-hydrogen) atoms. The molecule has 0 saturated carbocycles. The molecule has 0 aliphatic carbocycles. The van der Waals surface area contributed by atoms with Gasteiger partial charge in [0, 0.05) is 47.8 Å². The molecule has 4 N–H and O–H groups in total. The van der Waals surface area contributed by atoms with Crippen molar-refractivity contribution in [3.8, 4) is 0 Å². The van der Waals surface area contributed by atoms with Gasteiger partial charge in [0.25, 0.3) is 0 Å². The molecule has 0 radical (unpaired) electrons. The summed E-state index contributed by atoms with van der Waals surface area (Å²) in [4.78, 5) is 40.3. The first-order valence-electron chi connectivity index (χ1n) is 13.4. The van der Waals surface area contributed by atoms with E-state index in [-0.39, 0.29) is 0 Å². The van der Waals surface area contributed by atoms with Crippen molar-refractivity contribution in [2.24, 2.45) is 10.7 Å². The Kier molecular flexibility index (Phi) is 16.7. The highest BCUT2D eigenvalue weighted by Crippen LogP contribution is 2.16. The van der Waals surface area contributed by atoms with E-state index in [1.54, 1.807) is 53.9 Å². The van der Waals surface area contributed by atoms with Crippen LogP contribution in [0.4, 0.5) is 9.59 Å². The highest BCUT2D eigenvalue weighted by Gasteiger charge is 2.24. The number of ether oxygens (including phenoxy) is 3. The molecule has 0 aliphatic heterocycles. The van der Waals surface area contributed by atoms with Gasteiger partial charge in [-0.2, -0.15) is 0 Å². The molecule has 4 rings (SSSR count).